The van der Waals surface area contributed by atoms with Gasteiger partial charge >= 0.3 is 0 Å². The fourth-order valence-electron chi connectivity index (χ4n) is 2.78. The predicted molar refractivity (Wildman–Crippen MR) is 81.5 cm³/mol. The Kier molecular flexibility index (Phi) is 3.90. The van der Waals surface area contributed by atoms with Crippen LogP contribution in [0, 0.1) is 0 Å². The zero-order valence-corrected chi connectivity index (χ0v) is 11.6. The van der Waals surface area contributed by atoms with E-state index >= 15 is 0 Å². The molecule has 0 unspecified atom stereocenters. The Morgan fingerprint density at radius 2 is 2.05 bits per heavy atom. The maximum absolute atomic E-state index is 5.94. The van der Waals surface area contributed by atoms with E-state index in [9.17, 15) is 0 Å². The summed E-state index contributed by atoms with van der Waals surface area (Å²) in [5.74, 6) is 1.37. The highest BCUT2D eigenvalue weighted by Gasteiger charge is 2.13. The van der Waals surface area contributed by atoms with E-state index in [1.165, 1.54) is 32.1 Å². The van der Waals surface area contributed by atoms with Crippen LogP contribution in [0.5, 0.6) is 0 Å². The summed E-state index contributed by atoms with van der Waals surface area (Å²) in [6, 6.07) is 10.5. The van der Waals surface area contributed by atoms with Gasteiger partial charge in [0, 0.05) is 11.4 Å². The van der Waals surface area contributed by atoms with Gasteiger partial charge in [-0.1, -0.05) is 37.5 Å². The molecule has 1 saturated carbocycles. The maximum Gasteiger partial charge on any atom is 0.189 e. The Hall–Kier alpha value is -1.97. The molecule has 1 aromatic heterocycles. The van der Waals surface area contributed by atoms with Crippen LogP contribution in [-0.4, -0.2) is 12.0 Å². The molecule has 106 valence electrons. The number of rotatable bonds is 3. The van der Waals surface area contributed by atoms with E-state index in [0.717, 1.165) is 16.7 Å². The number of fused-ring (bicyclic) bond motifs is 1. The number of nitrogens with zero attached hydrogens (tertiary/aromatic N) is 1. The van der Waals surface area contributed by atoms with Gasteiger partial charge in [0.15, 0.2) is 5.96 Å². The molecule has 0 spiro atoms. The minimum Gasteiger partial charge on any atom is -0.459 e. The van der Waals surface area contributed by atoms with Gasteiger partial charge in [0.25, 0.3) is 0 Å². The van der Waals surface area contributed by atoms with Crippen molar-refractivity contribution >= 4 is 16.9 Å². The normalized spacial score (nSPS) is 17.5. The van der Waals surface area contributed by atoms with Gasteiger partial charge in [-0.3, -0.25) is 0 Å². The molecule has 0 bridgehead atoms. The second kappa shape index (κ2) is 5.99. The van der Waals surface area contributed by atoms with Crippen LogP contribution in [0.1, 0.15) is 37.9 Å². The van der Waals surface area contributed by atoms with Gasteiger partial charge in [0.05, 0.1) is 0 Å². The number of nitrogens with one attached hydrogen (secondary N) is 1. The second-order valence-electron chi connectivity index (χ2n) is 5.43. The lowest BCUT2D eigenvalue weighted by Crippen LogP contribution is -2.41. The van der Waals surface area contributed by atoms with Crippen LogP contribution >= 0.6 is 0 Å². The van der Waals surface area contributed by atoms with E-state index in [-0.39, 0.29) is 0 Å². The summed E-state index contributed by atoms with van der Waals surface area (Å²) < 4.78 is 5.72. The molecule has 2 aromatic rings. The van der Waals surface area contributed by atoms with Crippen LogP contribution in [0.4, 0.5) is 0 Å². The highest BCUT2D eigenvalue weighted by Crippen LogP contribution is 2.19. The minimum atomic E-state index is 0.486. The number of furan rings is 1. The highest BCUT2D eigenvalue weighted by molar-refractivity contribution is 5.79. The van der Waals surface area contributed by atoms with Gasteiger partial charge in [0.2, 0.25) is 0 Å². The first-order valence-corrected chi connectivity index (χ1v) is 7.35. The molecule has 1 aliphatic carbocycles. The van der Waals surface area contributed by atoms with Gasteiger partial charge in [-0.05, 0) is 25.0 Å². The van der Waals surface area contributed by atoms with Crippen LogP contribution in [0.2, 0.25) is 0 Å². The van der Waals surface area contributed by atoms with Crippen molar-refractivity contribution in [2.45, 2.75) is 44.7 Å². The average Bonchev–Trinajstić information content (AvgIpc) is 2.89. The lowest BCUT2D eigenvalue weighted by atomic mass is 9.96. The molecule has 1 fully saturated rings. The van der Waals surface area contributed by atoms with E-state index in [4.69, 9.17) is 10.2 Å². The van der Waals surface area contributed by atoms with Gasteiger partial charge in [-0.2, -0.15) is 0 Å². The number of hydrogen-bond donors (Lipinski definition) is 2. The van der Waals surface area contributed by atoms with Crippen molar-refractivity contribution in [1.82, 2.24) is 5.32 Å². The second-order valence-corrected chi connectivity index (χ2v) is 5.43. The Bertz CT molecular complexity index is 564. The summed E-state index contributed by atoms with van der Waals surface area (Å²) in [4.78, 5) is 4.37. The standard InChI is InChI=1S/C16H21N3O/c17-16(19-13-7-2-1-3-8-13)18-11-14-10-12-6-4-5-9-15(12)20-14/h4-6,9-10,13H,1-3,7-8,11H2,(H3,17,18,19). The lowest BCUT2D eigenvalue weighted by molar-refractivity contribution is 0.412. The molecular weight excluding hydrogens is 250 g/mol. The molecule has 1 heterocycles. The Morgan fingerprint density at radius 3 is 2.85 bits per heavy atom. The molecular formula is C16H21N3O. The van der Waals surface area contributed by atoms with Crippen molar-refractivity contribution in [2.75, 3.05) is 0 Å². The largest absolute Gasteiger partial charge is 0.459 e. The van der Waals surface area contributed by atoms with E-state index in [0.29, 0.717) is 18.5 Å². The van der Waals surface area contributed by atoms with Crippen LogP contribution in [-0.2, 0) is 6.54 Å². The van der Waals surface area contributed by atoms with E-state index in [2.05, 4.69) is 10.3 Å². The average molecular weight is 271 g/mol. The van der Waals surface area contributed by atoms with Crippen molar-refractivity contribution in [3.8, 4) is 0 Å². The SMILES string of the molecule is NC(=NCc1cc2ccccc2o1)NC1CCCCC1. The molecule has 1 aromatic carbocycles. The topological polar surface area (TPSA) is 63.5 Å². The third kappa shape index (κ3) is 3.13. The summed E-state index contributed by atoms with van der Waals surface area (Å²) in [5.41, 5.74) is 6.84. The highest BCUT2D eigenvalue weighted by atomic mass is 16.3. The molecule has 4 nitrogen and oxygen atoms in total. The molecule has 20 heavy (non-hydrogen) atoms. The number of aliphatic imine (C=N–C) groups is 1. The van der Waals surface area contributed by atoms with Crippen LogP contribution in [0.3, 0.4) is 0 Å². The number of para-hydroxylation sites is 1. The minimum absolute atomic E-state index is 0.486. The van der Waals surface area contributed by atoms with Crippen molar-refractivity contribution < 1.29 is 4.42 Å². The van der Waals surface area contributed by atoms with Crippen molar-refractivity contribution in [3.05, 3.63) is 36.1 Å². The fourth-order valence-corrected chi connectivity index (χ4v) is 2.78. The summed E-state index contributed by atoms with van der Waals surface area (Å²) in [7, 11) is 0. The number of guanidine groups is 1. The molecule has 3 rings (SSSR count). The summed E-state index contributed by atoms with van der Waals surface area (Å²) in [5, 5.41) is 4.42. The first kappa shape index (κ1) is 13.0. The molecule has 3 N–H and O–H groups in total. The van der Waals surface area contributed by atoms with Crippen molar-refractivity contribution in [2.24, 2.45) is 10.7 Å². The number of benzene rings is 1. The molecule has 0 atom stereocenters. The van der Waals surface area contributed by atoms with Gasteiger partial charge in [-0.25, -0.2) is 4.99 Å². The first-order valence-electron chi connectivity index (χ1n) is 7.35. The van der Waals surface area contributed by atoms with Gasteiger partial charge in [-0.15, -0.1) is 0 Å². The van der Waals surface area contributed by atoms with Gasteiger partial charge < -0.3 is 15.5 Å². The third-order valence-corrected chi connectivity index (χ3v) is 3.84. The van der Waals surface area contributed by atoms with Crippen LogP contribution in [0.15, 0.2) is 39.7 Å². The fraction of sp³-hybridized carbons (Fsp3) is 0.438. The summed E-state index contributed by atoms with van der Waals surface area (Å²) in [6.45, 7) is 0.486. The Morgan fingerprint density at radius 1 is 1.25 bits per heavy atom. The molecule has 0 radical (unpaired) electrons. The Labute approximate surface area is 119 Å². The van der Waals surface area contributed by atoms with E-state index < -0.39 is 0 Å². The maximum atomic E-state index is 5.94. The molecule has 0 saturated heterocycles. The molecule has 4 heteroatoms. The smallest absolute Gasteiger partial charge is 0.189 e. The number of hydrogen-bond acceptors (Lipinski definition) is 2. The number of nitrogens with two attached hydrogens (primary N) is 1. The zero-order chi connectivity index (χ0) is 13.8. The van der Waals surface area contributed by atoms with Gasteiger partial charge in [0.1, 0.15) is 17.9 Å². The quantitative estimate of drug-likeness (QED) is 0.665. The van der Waals surface area contributed by atoms with Crippen molar-refractivity contribution in [1.29, 1.82) is 0 Å². The van der Waals surface area contributed by atoms with Crippen molar-refractivity contribution in [3.63, 3.8) is 0 Å². The molecule has 0 aliphatic heterocycles. The Balaban J connectivity index is 1.60. The van der Waals surface area contributed by atoms with E-state index in [1.807, 2.05) is 30.3 Å². The molecule has 0 amide bonds. The summed E-state index contributed by atoms with van der Waals surface area (Å²) in [6.07, 6.45) is 6.30. The third-order valence-electron chi connectivity index (χ3n) is 3.84. The zero-order valence-electron chi connectivity index (χ0n) is 11.6. The van der Waals surface area contributed by atoms with E-state index in [1.54, 1.807) is 0 Å². The lowest BCUT2D eigenvalue weighted by Gasteiger charge is -2.23. The van der Waals surface area contributed by atoms with Crippen LogP contribution in [0.25, 0.3) is 11.0 Å². The summed E-state index contributed by atoms with van der Waals surface area (Å²) >= 11 is 0. The first-order chi connectivity index (χ1) is 9.81. The molecule has 1 aliphatic rings. The van der Waals surface area contributed by atoms with Crippen LogP contribution < -0.4 is 11.1 Å². The predicted octanol–water partition coefficient (Wildman–Crippen LogP) is 3.17. The monoisotopic (exact) mass is 271 g/mol.